The highest BCUT2D eigenvalue weighted by atomic mass is 16.1. The largest absolute Gasteiger partial charge is 0.381 e. The molecule has 3 aromatic rings. The van der Waals surface area contributed by atoms with Crippen LogP contribution >= 0.6 is 0 Å². The molecule has 2 N–H and O–H groups in total. The number of anilines is 2. The van der Waals surface area contributed by atoms with E-state index in [1.165, 1.54) is 11.1 Å². The van der Waals surface area contributed by atoms with E-state index in [1.54, 1.807) is 24.3 Å². The Hall–Kier alpha value is -3.40. The molecule has 0 atom stereocenters. The fourth-order valence-corrected chi connectivity index (χ4v) is 2.54. The summed E-state index contributed by atoms with van der Waals surface area (Å²) in [6, 6.07) is 23.2. The Kier molecular flexibility index (Phi) is 5.78. The number of rotatable bonds is 8. The van der Waals surface area contributed by atoms with Gasteiger partial charge in [0.25, 0.3) is 0 Å². The van der Waals surface area contributed by atoms with Crippen LogP contribution in [0.4, 0.5) is 11.4 Å². The molecule has 3 aromatic carbocycles. The first-order valence-corrected chi connectivity index (χ1v) is 8.43. The smallest absolute Gasteiger partial charge is 0.150 e. The van der Waals surface area contributed by atoms with Crippen LogP contribution in [0.3, 0.4) is 0 Å². The quantitative estimate of drug-likeness (QED) is 0.589. The molecule has 0 aliphatic carbocycles. The molecule has 0 radical (unpaired) electrons. The van der Waals surface area contributed by atoms with Gasteiger partial charge in [0.15, 0.2) is 0 Å². The highest BCUT2D eigenvalue weighted by Gasteiger charge is 1.98. The molecule has 26 heavy (non-hydrogen) atoms. The van der Waals surface area contributed by atoms with Crippen molar-refractivity contribution in [3.63, 3.8) is 0 Å². The van der Waals surface area contributed by atoms with E-state index < -0.39 is 0 Å². The summed E-state index contributed by atoms with van der Waals surface area (Å²) in [5.74, 6) is 0. The van der Waals surface area contributed by atoms with E-state index in [-0.39, 0.29) is 0 Å². The first-order valence-electron chi connectivity index (χ1n) is 8.43. The molecule has 0 saturated heterocycles. The summed E-state index contributed by atoms with van der Waals surface area (Å²) in [5.41, 5.74) is 5.69. The van der Waals surface area contributed by atoms with Crippen LogP contribution in [0.2, 0.25) is 0 Å². The first-order chi connectivity index (χ1) is 12.8. The Morgan fingerprint density at radius 2 is 0.885 bits per heavy atom. The van der Waals surface area contributed by atoms with Crippen LogP contribution in [-0.4, -0.2) is 12.6 Å². The Labute approximate surface area is 152 Å². The van der Waals surface area contributed by atoms with E-state index in [0.717, 1.165) is 37.0 Å². The molecule has 0 unspecified atom stereocenters. The number of hydrogen-bond acceptors (Lipinski definition) is 4. The van der Waals surface area contributed by atoms with Crippen molar-refractivity contribution in [2.45, 2.75) is 13.1 Å². The van der Waals surface area contributed by atoms with Gasteiger partial charge in [-0.05, 0) is 59.7 Å². The van der Waals surface area contributed by atoms with Gasteiger partial charge < -0.3 is 10.6 Å². The number of carbonyl (C=O) groups excluding carboxylic acids is 2. The molecule has 3 rings (SSSR count). The minimum Gasteiger partial charge on any atom is -0.381 e. The molecule has 130 valence electrons. The van der Waals surface area contributed by atoms with Gasteiger partial charge in [-0.25, -0.2) is 0 Å². The van der Waals surface area contributed by atoms with Crippen LogP contribution in [-0.2, 0) is 13.1 Å². The third-order valence-electron chi connectivity index (χ3n) is 4.11. The Bertz CT molecular complexity index is 780. The lowest BCUT2D eigenvalue weighted by molar-refractivity contribution is 0.111. The molecule has 0 aliphatic heterocycles. The number of carbonyl (C=O) groups is 2. The van der Waals surface area contributed by atoms with E-state index in [0.29, 0.717) is 11.1 Å². The normalized spacial score (nSPS) is 10.2. The van der Waals surface area contributed by atoms with E-state index in [4.69, 9.17) is 0 Å². The summed E-state index contributed by atoms with van der Waals surface area (Å²) in [4.78, 5) is 21.3. The lowest BCUT2D eigenvalue weighted by Gasteiger charge is -2.09. The fourth-order valence-electron chi connectivity index (χ4n) is 2.54. The molecular formula is C22H20N2O2. The lowest BCUT2D eigenvalue weighted by Crippen LogP contribution is -2.02. The molecule has 0 heterocycles. The predicted octanol–water partition coefficient (Wildman–Crippen LogP) is 4.54. The van der Waals surface area contributed by atoms with Gasteiger partial charge >= 0.3 is 0 Å². The molecule has 0 saturated carbocycles. The number of nitrogens with one attached hydrogen (secondary N) is 2. The molecule has 0 amide bonds. The SMILES string of the molecule is O=Cc1ccc(NCc2ccc(CNc3ccc(C=O)cc3)cc2)cc1. The summed E-state index contributed by atoms with van der Waals surface area (Å²) in [6.45, 7) is 1.45. The topological polar surface area (TPSA) is 58.2 Å². The van der Waals surface area contributed by atoms with Gasteiger partial charge in [0.2, 0.25) is 0 Å². The maximum Gasteiger partial charge on any atom is 0.150 e. The van der Waals surface area contributed by atoms with Crippen molar-refractivity contribution >= 4 is 23.9 Å². The van der Waals surface area contributed by atoms with Crippen LogP contribution in [0.5, 0.6) is 0 Å². The second kappa shape index (κ2) is 8.62. The van der Waals surface area contributed by atoms with Crippen LogP contribution in [0, 0.1) is 0 Å². The second-order valence-corrected chi connectivity index (χ2v) is 6.00. The fraction of sp³-hybridized carbons (Fsp3) is 0.0909. The van der Waals surface area contributed by atoms with E-state index in [1.807, 2.05) is 24.3 Å². The summed E-state index contributed by atoms with van der Waals surface area (Å²) >= 11 is 0. The molecular weight excluding hydrogens is 324 g/mol. The molecule has 0 fully saturated rings. The minimum atomic E-state index is 0.674. The number of benzene rings is 3. The molecule has 0 bridgehead atoms. The summed E-state index contributed by atoms with van der Waals surface area (Å²) < 4.78 is 0. The average Bonchev–Trinajstić information content (AvgIpc) is 2.72. The summed E-state index contributed by atoms with van der Waals surface area (Å²) in [7, 11) is 0. The number of hydrogen-bond donors (Lipinski definition) is 2. The van der Waals surface area contributed by atoms with Gasteiger partial charge in [-0.3, -0.25) is 9.59 Å². The van der Waals surface area contributed by atoms with Crippen LogP contribution in [0.1, 0.15) is 31.8 Å². The third-order valence-corrected chi connectivity index (χ3v) is 4.11. The Balaban J connectivity index is 1.50. The summed E-state index contributed by atoms with van der Waals surface area (Å²) in [5, 5.41) is 6.68. The van der Waals surface area contributed by atoms with Gasteiger partial charge in [0.05, 0.1) is 0 Å². The lowest BCUT2D eigenvalue weighted by atomic mass is 10.1. The molecule has 0 aromatic heterocycles. The molecule has 0 aliphatic rings. The highest BCUT2D eigenvalue weighted by Crippen LogP contribution is 2.13. The van der Waals surface area contributed by atoms with Crippen molar-refractivity contribution < 1.29 is 9.59 Å². The highest BCUT2D eigenvalue weighted by molar-refractivity contribution is 5.76. The minimum absolute atomic E-state index is 0.674. The Morgan fingerprint density at radius 3 is 1.19 bits per heavy atom. The second-order valence-electron chi connectivity index (χ2n) is 6.00. The van der Waals surface area contributed by atoms with Crippen molar-refractivity contribution in [1.82, 2.24) is 0 Å². The molecule has 4 nitrogen and oxygen atoms in total. The van der Waals surface area contributed by atoms with Crippen LogP contribution < -0.4 is 10.6 Å². The molecule has 0 spiro atoms. The average molecular weight is 344 g/mol. The Morgan fingerprint density at radius 1 is 0.538 bits per heavy atom. The van der Waals surface area contributed by atoms with Crippen molar-refractivity contribution in [1.29, 1.82) is 0 Å². The zero-order chi connectivity index (χ0) is 18.2. The van der Waals surface area contributed by atoms with Gasteiger partial charge in [-0.1, -0.05) is 24.3 Å². The van der Waals surface area contributed by atoms with Crippen LogP contribution in [0.25, 0.3) is 0 Å². The predicted molar refractivity (Wildman–Crippen MR) is 105 cm³/mol. The van der Waals surface area contributed by atoms with Crippen molar-refractivity contribution in [3.8, 4) is 0 Å². The third kappa shape index (κ3) is 4.80. The van der Waals surface area contributed by atoms with E-state index >= 15 is 0 Å². The number of aldehydes is 2. The van der Waals surface area contributed by atoms with Crippen LogP contribution in [0.15, 0.2) is 72.8 Å². The van der Waals surface area contributed by atoms with Crippen molar-refractivity contribution in [3.05, 3.63) is 95.1 Å². The van der Waals surface area contributed by atoms with Gasteiger partial charge in [0, 0.05) is 35.6 Å². The van der Waals surface area contributed by atoms with Gasteiger partial charge in [-0.15, -0.1) is 0 Å². The maximum absolute atomic E-state index is 10.7. The first kappa shape index (κ1) is 17.4. The standard InChI is InChI=1S/C22H20N2O2/c25-15-19-5-9-21(10-6-19)23-13-17-1-2-18(4-3-17)14-24-22-11-7-20(16-26)8-12-22/h1-12,15-16,23-24H,13-14H2. The zero-order valence-corrected chi connectivity index (χ0v) is 14.3. The molecule has 4 heteroatoms. The van der Waals surface area contributed by atoms with E-state index in [2.05, 4.69) is 34.9 Å². The summed E-state index contributed by atoms with van der Waals surface area (Å²) in [6.07, 6.45) is 1.68. The van der Waals surface area contributed by atoms with Gasteiger partial charge in [0.1, 0.15) is 12.6 Å². The maximum atomic E-state index is 10.7. The zero-order valence-electron chi connectivity index (χ0n) is 14.3. The van der Waals surface area contributed by atoms with Crippen molar-refractivity contribution in [2.24, 2.45) is 0 Å². The van der Waals surface area contributed by atoms with Gasteiger partial charge in [-0.2, -0.15) is 0 Å². The van der Waals surface area contributed by atoms with Crippen molar-refractivity contribution in [2.75, 3.05) is 10.6 Å². The monoisotopic (exact) mass is 344 g/mol. The van der Waals surface area contributed by atoms with E-state index in [9.17, 15) is 9.59 Å².